The number of ether oxygens (including phenoxy) is 1. The average molecular weight is 269 g/mol. The van der Waals surface area contributed by atoms with Crippen molar-refractivity contribution in [3.63, 3.8) is 0 Å². The Morgan fingerprint density at radius 2 is 1.75 bits per heavy atom. The summed E-state index contributed by atoms with van der Waals surface area (Å²) in [6.45, 7) is 2.77. The molecular formula is C18H23NO. The van der Waals surface area contributed by atoms with E-state index in [1.54, 1.807) is 0 Å². The Kier molecular flexibility index (Phi) is 5.63. The molecule has 0 spiro atoms. The Labute approximate surface area is 121 Å². The van der Waals surface area contributed by atoms with Gasteiger partial charge in [0.05, 0.1) is 0 Å². The van der Waals surface area contributed by atoms with E-state index in [4.69, 9.17) is 10.5 Å². The summed E-state index contributed by atoms with van der Waals surface area (Å²) in [7, 11) is 0. The molecule has 0 aliphatic carbocycles. The van der Waals surface area contributed by atoms with Crippen LogP contribution in [-0.4, -0.2) is 6.04 Å². The predicted octanol–water partition coefficient (Wildman–Crippen LogP) is 3.94. The minimum absolute atomic E-state index is 0.240. The van der Waals surface area contributed by atoms with Gasteiger partial charge in [0.25, 0.3) is 0 Å². The minimum atomic E-state index is 0.240. The summed E-state index contributed by atoms with van der Waals surface area (Å²) in [5, 5.41) is 0. The molecule has 0 saturated carbocycles. The molecular weight excluding hydrogens is 246 g/mol. The summed E-state index contributed by atoms with van der Waals surface area (Å²) in [4.78, 5) is 0. The summed E-state index contributed by atoms with van der Waals surface area (Å²) < 4.78 is 5.83. The SMILES string of the molecule is CCCC(N)Cc1cccc(OCc2ccccc2)c1. The van der Waals surface area contributed by atoms with Gasteiger partial charge in [-0.25, -0.2) is 0 Å². The van der Waals surface area contributed by atoms with Crippen molar-refractivity contribution in [3.8, 4) is 5.75 Å². The number of nitrogens with two attached hydrogens (primary N) is 1. The van der Waals surface area contributed by atoms with Crippen LogP contribution in [0.1, 0.15) is 30.9 Å². The van der Waals surface area contributed by atoms with Crippen molar-refractivity contribution in [2.45, 2.75) is 38.8 Å². The van der Waals surface area contributed by atoms with Gasteiger partial charge in [-0.05, 0) is 36.1 Å². The van der Waals surface area contributed by atoms with Crippen LogP contribution in [0, 0.1) is 0 Å². The van der Waals surface area contributed by atoms with E-state index in [1.165, 1.54) is 11.1 Å². The molecule has 2 aromatic rings. The zero-order valence-electron chi connectivity index (χ0n) is 12.1. The van der Waals surface area contributed by atoms with Gasteiger partial charge >= 0.3 is 0 Å². The second-order valence-electron chi connectivity index (χ2n) is 5.17. The lowest BCUT2D eigenvalue weighted by Crippen LogP contribution is -2.22. The Hall–Kier alpha value is -1.80. The van der Waals surface area contributed by atoms with E-state index in [0.29, 0.717) is 6.61 Å². The first kappa shape index (κ1) is 14.6. The second-order valence-corrected chi connectivity index (χ2v) is 5.17. The fourth-order valence-electron chi connectivity index (χ4n) is 2.28. The molecule has 2 rings (SSSR count). The van der Waals surface area contributed by atoms with E-state index in [2.05, 4.69) is 31.2 Å². The summed E-state index contributed by atoms with van der Waals surface area (Å²) in [5.41, 5.74) is 8.52. The lowest BCUT2D eigenvalue weighted by molar-refractivity contribution is 0.306. The highest BCUT2D eigenvalue weighted by molar-refractivity contribution is 5.29. The van der Waals surface area contributed by atoms with Crippen LogP contribution in [0.2, 0.25) is 0 Å². The zero-order valence-corrected chi connectivity index (χ0v) is 12.1. The molecule has 1 unspecified atom stereocenters. The standard InChI is InChI=1S/C18H23NO/c1-2-7-17(19)12-16-10-6-11-18(13-16)20-14-15-8-4-3-5-9-15/h3-6,8-11,13,17H,2,7,12,14,19H2,1H3. The van der Waals surface area contributed by atoms with Crippen molar-refractivity contribution in [1.29, 1.82) is 0 Å². The second kappa shape index (κ2) is 7.71. The Morgan fingerprint density at radius 3 is 2.50 bits per heavy atom. The Morgan fingerprint density at radius 1 is 1.00 bits per heavy atom. The molecule has 0 saturated heterocycles. The number of hydrogen-bond acceptors (Lipinski definition) is 2. The maximum Gasteiger partial charge on any atom is 0.120 e. The zero-order chi connectivity index (χ0) is 14.2. The molecule has 20 heavy (non-hydrogen) atoms. The van der Waals surface area contributed by atoms with Crippen LogP contribution in [0.25, 0.3) is 0 Å². The lowest BCUT2D eigenvalue weighted by atomic mass is 10.0. The van der Waals surface area contributed by atoms with Gasteiger partial charge in [-0.15, -0.1) is 0 Å². The van der Waals surface area contributed by atoms with E-state index < -0.39 is 0 Å². The number of rotatable bonds is 7. The van der Waals surface area contributed by atoms with Crippen LogP contribution < -0.4 is 10.5 Å². The van der Waals surface area contributed by atoms with E-state index >= 15 is 0 Å². The maximum absolute atomic E-state index is 6.09. The van der Waals surface area contributed by atoms with Gasteiger partial charge in [0.1, 0.15) is 12.4 Å². The molecule has 0 heterocycles. The third kappa shape index (κ3) is 4.71. The van der Waals surface area contributed by atoms with Crippen LogP contribution in [0.15, 0.2) is 54.6 Å². The average Bonchev–Trinajstić information content (AvgIpc) is 2.47. The van der Waals surface area contributed by atoms with Crippen LogP contribution >= 0.6 is 0 Å². The smallest absolute Gasteiger partial charge is 0.120 e. The largest absolute Gasteiger partial charge is 0.489 e. The van der Waals surface area contributed by atoms with Crippen LogP contribution in [0.5, 0.6) is 5.75 Å². The van der Waals surface area contributed by atoms with Gasteiger partial charge in [0.15, 0.2) is 0 Å². The molecule has 106 valence electrons. The molecule has 2 aromatic carbocycles. The molecule has 0 amide bonds. The molecule has 0 aliphatic rings. The summed E-state index contributed by atoms with van der Waals surface area (Å²) in [6.07, 6.45) is 3.11. The monoisotopic (exact) mass is 269 g/mol. The van der Waals surface area contributed by atoms with E-state index in [9.17, 15) is 0 Å². The molecule has 2 heteroatoms. The first-order chi connectivity index (χ1) is 9.78. The molecule has 0 fully saturated rings. The van der Waals surface area contributed by atoms with Gasteiger partial charge in [-0.1, -0.05) is 55.8 Å². The minimum Gasteiger partial charge on any atom is -0.489 e. The normalized spacial score (nSPS) is 12.1. The Bertz CT molecular complexity index is 510. The first-order valence-electron chi connectivity index (χ1n) is 7.29. The van der Waals surface area contributed by atoms with Gasteiger partial charge in [0, 0.05) is 6.04 Å². The lowest BCUT2D eigenvalue weighted by Gasteiger charge is -2.12. The molecule has 0 bridgehead atoms. The molecule has 0 aliphatic heterocycles. The van der Waals surface area contributed by atoms with Gasteiger partial charge in [0.2, 0.25) is 0 Å². The fourth-order valence-corrected chi connectivity index (χ4v) is 2.28. The predicted molar refractivity (Wildman–Crippen MR) is 83.8 cm³/mol. The highest BCUT2D eigenvalue weighted by Crippen LogP contribution is 2.17. The van der Waals surface area contributed by atoms with E-state index in [-0.39, 0.29) is 6.04 Å². The maximum atomic E-state index is 6.09. The quantitative estimate of drug-likeness (QED) is 0.826. The van der Waals surface area contributed by atoms with Crippen LogP contribution in [0.3, 0.4) is 0 Å². The summed E-state index contributed by atoms with van der Waals surface area (Å²) in [6, 6.07) is 18.7. The van der Waals surface area contributed by atoms with E-state index in [1.807, 2.05) is 30.3 Å². The van der Waals surface area contributed by atoms with Gasteiger partial charge in [-0.2, -0.15) is 0 Å². The van der Waals surface area contributed by atoms with Crippen LogP contribution in [0.4, 0.5) is 0 Å². The van der Waals surface area contributed by atoms with Crippen molar-refractivity contribution in [3.05, 3.63) is 65.7 Å². The first-order valence-corrected chi connectivity index (χ1v) is 7.29. The molecule has 0 radical (unpaired) electrons. The van der Waals surface area contributed by atoms with Crippen molar-refractivity contribution >= 4 is 0 Å². The molecule has 0 aromatic heterocycles. The topological polar surface area (TPSA) is 35.2 Å². The third-order valence-corrected chi connectivity index (χ3v) is 3.30. The highest BCUT2D eigenvalue weighted by atomic mass is 16.5. The summed E-state index contributed by atoms with van der Waals surface area (Å²) >= 11 is 0. The molecule has 2 nitrogen and oxygen atoms in total. The molecule has 1 atom stereocenters. The van der Waals surface area contributed by atoms with Crippen molar-refractivity contribution in [2.75, 3.05) is 0 Å². The van der Waals surface area contributed by atoms with Crippen molar-refractivity contribution in [1.82, 2.24) is 0 Å². The van der Waals surface area contributed by atoms with E-state index in [0.717, 1.165) is 25.0 Å². The number of hydrogen-bond donors (Lipinski definition) is 1. The summed E-state index contributed by atoms with van der Waals surface area (Å²) in [5.74, 6) is 0.912. The number of benzene rings is 2. The Balaban J connectivity index is 1.92. The highest BCUT2D eigenvalue weighted by Gasteiger charge is 2.04. The van der Waals surface area contributed by atoms with Crippen LogP contribution in [-0.2, 0) is 13.0 Å². The molecule has 2 N–H and O–H groups in total. The van der Waals surface area contributed by atoms with Gasteiger partial charge in [-0.3, -0.25) is 0 Å². The van der Waals surface area contributed by atoms with Crippen molar-refractivity contribution < 1.29 is 4.74 Å². The fraction of sp³-hybridized carbons (Fsp3) is 0.333. The van der Waals surface area contributed by atoms with Gasteiger partial charge < -0.3 is 10.5 Å². The van der Waals surface area contributed by atoms with Crippen molar-refractivity contribution in [2.24, 2.45) is 5.73 Å². The third-order valence-electron chi connectivity index (χ3n) is 3.30.